The Balaban J connectivity index is 2.45. The van der Waals surface area contributed by atoms with Gasteiger partial charge in [-0.25, -0.2) is 0 Å². The zero-order valence-electron chi connectivity index (χ0n) is 10.2. The van der Waals surface area contributed by atoms with E-state index in [4.69, 9.17) is 5.11 Å². The number of carboxylic acid groups (broad SMARTS) is 1. The normalized spacial score (nSPS) is 29.1. The van der Waals surface area contributed by atoms with E-state index in [0.29, 0.717) is 5.92 Å². The molecule has 1 fully saturated rings. The lowest BCUT2D eigenvalue weighted by Crippen LogP contribution is -2.26. The molecule has 3 unspecified atom stereocenters. The highest BCUT2D eigenvalue weighted by Crippen LogP contribution is 2.36. The van der Waals surface area contributed by atoms with E-state index in [1.165, 1.54) is 19.3 Å². The molecule has 0 heterocycles. The van der Waals surface area contributed by atoms with Crippen molar-refractivity contribution in [1.29, 1.82) is 0 Å². The van der Waals surface area contributed by atoms with Crippen LogP contribution in [0.5, 0.6) is 0 Å². The van der Waals surface area contributed by atoms with Crippen LogP contribution in [0, 0.1) is 23.7 Å². The van der Waals surface area contributed by atoms with Crippen molar-refractivity contribution in [3.63, 3.8) is 0 Å². The van der Waals surface area contributed by atoms with Gasteiger partial charge >= 0.3 is 5.97 Å². The third kappa shape index (κ3) is 3.84. The van der Waals surface area contributed by atoms with Gasteiger partial charge < -0.3 is 5.11 Å². The van der Waals surface area contributed by atoms with Crippen molar-refractivity contribution in [3.05, 3.63) is 0 Å². The maximum absolute atomic E-state index is 10.9. The van der Waals surface area contributed by atoms with Crippen molar-refractivity contribution in [2.75, 3.05) is 0 Å². The summed E-state index contributed by atoms with van der Waals surface area (Å²) in [5.41, 5.74) is 0. The van der Waals surface area contributed by atoms with E-state index in [-0.39, 0.29) is 5.92 Å². The zero-order valence-corrected chi connectivity index (χ0v) is 10.2. The molecule has 0 amide bonds. The standard InChI is InChI=1S/C13H24O2/c1-9(2)7-11-5-4-6-12(8-11)10(3)13(14)15/h9-12H,4-8H2,1-3H3,(H,14,15). The highest BCUT2D eigenvalue weighted by molar-refractivity contribution is 5.69. The Hall–Kier alpha value is -0.530. The fourth-order valence-corrected chi connectivity index (χ4v) is 2.87. The minimum atomic E-state index is -0.620. The molecule has 2 nitrogen and oxygen atoms in total. The largest absolute Gasteiger partial charge is 0.481 e. The molecule has 0 aromatic rings. The highest BCUT2D eigenvalue weighted by Gasteiger charge is 2.29. The van der Waals surface area contributed by atoms with Crippen LogP contribution in [0.1, 0.15) is 52.9 Å². The van der Waals surface area contributed by atoms with Crippen LogP contribution >= 0.6 is 0 Å². The monoisotopic (exact) mass is 212 g/mol. The molecule has 1 N–H and O–H groups in total. The second-order valence-corrected chi connectivity index (χ2v) is 5.55. The van der Waals surface area contributed by atoms with Gasteiger partial charge in [0.15, 0.2) is 0 Å². The summed E-state index contributed by atoms with van der Waals surface area (Å²) in [6, 6.07) is 0. The van der Waals surface area contributed by atoms with E-state index in [2.05, 4.69) is 13.8 Å². The minimum absolute atomic E-state index is 0.153. The number of hydrogen-bond acceptors (Lipinski definition) is 1. The van der Waals surface area contributed by atoms with Crippen LogP contribution in [0.4, 0.5) is 0 Å². The van der Waals surface area contributed by atoms with Crippen LogP contribution in [0.3, 0.4) is 0 Å². The molecule has 0 aromatic heterocycles. The third-order valence-corrected chi connectivity index (χ3v) is 3.72. The number of aliphatic carboxylic acids is 1. The SMILES string of the molecule is CC(C)CC1CCCC(C(C)C(=O)O)C1. The lowest BCUT2D eigenvalue weighted by atomic mass is 9.73. The van der Waals surface area contributed by atoms with E-state index in [1.54, 1.807) is 0 Å². The average Bonchev–Trinajstić information content (AvgIpc) is 2.16. The molecule has 0 saturated heterocycles. The fraction of sp³-hybridized carbons (Fsp3) is 0.923. The lowest BCUT2D eigenvalue weighted by Gasteiger charge is -2.32. The summed E-state index contributed by atoms with van der Waals surface area (Å²) in [5.74, 6) is 1.16. The molecule has 0 aliphatic heterocycles. The molecule has 1 aliphatic carbocycles. The smallest absolute Gasteiger partial charge is 0.306 e. The number of carbonyl (C=O) groups is 1. The summed E-state index contributed by atoms with van der Waals surface area (Å²) in [7, 11) is 0. The van der Waals surface area contributed by atoms with Crippen molar-refractivity contribution in [1.82, 2.24) is 0 Å². The van der Waals surface area contributed by atoms with Gasteiger partial charge in [-0.1, -0.05) is 33.6 Å². The molecular formula is C13H24O2. The Morgan fingerprint density at radius 1 is 1.33 bits per heavy atom. The van der Waals surface area contributed by atoms with E-state index < -0.39 is 5.97 Å². The second-order valence-electron chi connectivity index (χ2n) is 5.55. The maximum atomic E-state index is 10.9. The Morgan fingerprint density at radius 3 is 2.53 bits per heavy atom. The first-order valence-electron chi connectivity index (χ1n) is 6.23. The maximum Gasteiger partial charge on any atom is 0.306 e. The van der Waals surface area contributed by atoms with Crippen molar-refractivity contribution in [3.8, 4) is 0 Å². The molecule has 1 saturated carbocycles. The van der Waals surface area contributed by atoms with E-state index in [9.17, 15) is 4.79 Å². The molecule has 2 heteroatoms. The molecule has 3 atom stereocenters. The molecule has 88 valence electrons. The van der Waals surface area contributed by atoms with Gasteiger partial charge in [0.2, 0.25) is 0 Å². The van der Waals surface area contributed by atoms with Gasteiger partial charge in [0.05, 0.1) is 5.92 Å². The topological polar surface area (TPSA) is 37.3 Å². The highest BCUT2D eigenvalue weighted by atomic mass is 16.4. The van der Waals surface area contributed by atoms with Gasteiger partial charge in [-0.05, 0) is 37.0 Å². The number of carboxylic acids is 1. The van der Waals surface area contributed by atoms with Crippen LogP contribution in [-0.2, 0) is 4.79 Å². The average molecular weight is 212 g/mol. The molecule has 0 aromatic carbocycles. The van der Waals surface area contributed by atoms with Crippen LogP contribution in [0.15, 0.2) is 0 Å². The summed E-state index contributed by atoms with van der Waals surface area (Å²) in [4.78, 5) is 10.9. The lowest BCUT2D eigenvalue weighted by molar-refractivity contribution is -0.143. The van der Waals surface area contributed by atoms with E-state index in [0.717, 1.165) is 24.7 Å². The Morgan fingerprint density at radius 2 is 2.00 bits per heavy atom. The molecule has 0 spiro atoms. The summed E-state index contributed by atoms with van der Waals surface area (Å²) < 4.78 is 0. The van der Waals surface area contributed by atoms with E-state index in [1.807, 2.05) is 6.92 Å². The summed E-state index contributed by atoms with van der Waals surface area (Å²) in [5, 5.41) is 9.00. The first-order chi connectivity index (χ1) is 7.00. The van der Waals surface area contributed by atoms with Crippen molar-refractivity contribution < 1.29 is 9.90 Å². The fourth-order valence-electron chi connectivity index (χ4n) is 2.87. The van der Waals surface area contributed by atoms with Crippen molar-refractivity contribution >= 4 is 5.97 Å². The van der Waals surface area contributed by atoms with E-state index >= 15 is 0 Å². The predicted octanol–water partition coefficient (Wildman–Crippen LogP) is 3.56. The van der Waals surface area contributed by atoms with Gasteiger partial charge in [0, 0.05) is 0 Å². The summed E-state index contributed by atoms with van der Waals surface area (Å²) in [6.07, 6.45) is 6.04. The van der Waals surface area contributed by atoms with Crippen molar-refractivity contribution in [2.45, 2.75) is 52.9 Å². The molecule has 1 aliphatic rings. The first kappa shape index (κ1) is 12.5. The van der Waals surface area contributed by atoms with Gasteiger partial charge in [-0.3, -0.25) is 4.79 Å². The molecule has 15 heavy (non-hydrogen) atoms. The Bertz CT molecular complexity index is 211. The minimum Gasteiger partial charge on any atom is -0.481 e. The van der Waals surface area contributed by atoms with Gasteiger partial charge in [-0.15, -0.1) is 0 Å². The second kappa shape index (κ2) is 5.53. The first-order valence-corrected chi connectivity index (χ1v) is 6.23. The third-order valence-electron chi connectivity index (χ3n) is 3.72. The predicted molar refractivity (Wildman–Crippen MR) is 61.7 cm³/mol. The summed E-state index contributed by atoms with van der Waals surface area (Å²) in [6.45, 7) is 6.37. The van der Waals surface area contributed by atoms with Gasteiger partial charge in [0.1, 0.15) is 0 Å². The molecule has 1 rings (SSSR count). The van der Waals surface area contributed by atoms with Crippen LogP contribution in [0.25, 0.3) is 0 Å². The van der Waals surface area contributed by atoms with Gasteiger partial charge in [-0.2, -0.15) is 0 Å². The van der Waals surface area contributed by atoms with Crippen molar-refractivity contribution in [2.24, 2.45) is 23.7 Å². The Kier molecular flexibility index (Phi) is 4.62. The molecular weight excluding hydrogens is 188 g/mol. The number of rotatable bonds is 4. The Labute approximate surface area is 93.1 Å². The number of hydrogen-bond donors (Lipinski definition) is 1. The van der Waals surface area contributed by atoms with Crippen LogP contribution in [0.2, 0.25) is 0 Å². The van der Waals surface area contributed by atoms with Crippen LogP contribution < -0.4 is 0 Å². The van der Waals surface area contributed by atoms with Gasteiger partial charge in [0.25, 0.3) is 0 Å². The quantitative estimate of drug-likeness (QED) is 0.773. The van der Waals surface area contributed by atoms with Crippen LogP contribution in [-0.4, -0.2) is 11.1 Å². The summed E-state index contributed by atoms with van der Waals surface area (Å²) >= 11 is 0. The zero-order chi connectivity index (χ0) is 11.4. The molecule has 0 bridgehead atoms. The molecule has 0 radical (unpaired) electrons.